The smallest absolute Gasteiger partial charge is 0.0406 e. The molecule has 0 fully saturated rings. The van der Waals surface area contributed by atoms with Gasteiger partial charge in [-0.3, -0.25) is 0 Å². The lowest BCUT2D eigenvalue weighted by atomic mass is 9.99. The second-order valence-electron chi connectivity index (χ2n) is 4.43. The Balaban J connectivity index is 1.80. The zero-order chi connectivity index (χ0) is 12.4. The van der Waals surface area contributed by atoms with E-state index in [4.69, 9.17) is 11.6 Å². The topological polar surface area (TPSA) is 0 Å². The van der Waals surface area contributed by atoms with Gasteiger partial charge in [-0.2, -0.15) is 0 Å². The van der Waals surface area contributed by atoms with E-state index in [1.165, 1.54) is 22.3 Å². The van der Waals surface area contributed by atoms with Crippen molar-refractivity contribution in [1.82, 2.24) is 0 Å². The van der Waals surface area contributed by atoms with Gasteiger partial charge in [0.1, 0.15) is 0 Å². The van der Waals surface area contributed by atoms with E-state index in [1.54, 1.807) is 0 Å². The van der Waals surface area contributed by atoms with Gasteiger partial charge in [0.15, 0.2) is 0 Å². The normalized spacial score (nSPS) is 14.3. The summed E-state index contributed by atoms with van der Waals surface area (Å²) >= 11 is 5.91. The molecule has 0 amide bonds. The number of benzene rings is 2. The van der Waals surface area contributed by atoms with Crippen molar-refractivity contribution in [3.63, 3.8) is 0 Å². The van der Waals surface area contributed by atoms with Gasteiger partial charge in [-0.25, -0.2) is 0 Å². The summed E-state index contributed by atoms with van der Waals surface area (Å²) in [5.74, 6) is 0. The van der Waals surface area contributed by atoms with Crippen LogP contribution < -0.4 is 0 Å². The summed E-state index contributed by atoms with van der Waals surface area (Å²) in [5.41, 5.74) is 5.28. The van der Waals surface area contributed by atoms with Crippen molar-refractivity contribution < 1.29 is 0 Å². The minimum Gasteiger partial charge on any atom is -0.0843 e. The quantitative estimate of drug-likeness (QED) is 0.688. The third kappa shape index (κ3) is 2.25. The molecule has 0 atom stereocenters. The minimum absolute atomic E-state index is 0.786. The fourth-order valence-electron chi connectivity index (χ4n) is 2.24. The molecule has 0 unspecified atom stereocenters. The van der Waals surface area contributed by atoms with Crippen molar-refractivity contribution in [2.45, 2.75) is 6.42 Å². The first-order valence-corrected chi connectivity index (χ1v) is 6.42. The summed E-state index contributed by atoms with van der Waals surface area (Å²) < 4.78 is 0. The third-order valence-corrected chi connectivity index (χ3v) is 3.48. The summed E-state index contributed by atoms with van der Waals surface area (Å²) in [4.78, 5) is 0. The molecule has 1 aliphatic rings. The van der Waals surface area contributed by atoms with Gasteiger partial charge in [0.2, 0.25) is 0 Å². The van der Waals surface area contributed by atoms with Gasteiger partial charge in [-0.15, -0.1) is 0 Å². The molecule has 88 valence electrons. The molecule has 0 saturated heterocycles. The van der Waals surface area contributed by atoms with Crippen LogP contribution >= 0.6 is 11.6 Å². The van der Waals surface area contributed by atoms with Gasteiger partial charge in [0.25, 0.3) is 0 Å². The summed E-state index contributed by atoms with van der Waals surface area (Å²) in [6, 6.07) is 18.6. The maximum absolute atomic E-state index is 5.91. The monoisotopic (exact) mass is 252 g/mol. The van der Waals surface area contributed by atoms with Crippen LogP contribution in [-0.2, 0) is 0 Å². The van der Waals surface area contributed by atoms with E-state index < -0.39 is 0 Å². The molecule has 2 aromatic carbocycles. The third-order valence-electron chi connectivity index (χ3n) is 3.23. The van der Waals surface area contributed by atoms with E-state index in [0.717, 1.165) is 11.4 Å². The van der Waals surface area contributed by atoms with Gasteiger partial charge >= 0.3 is 0 Å². The predicted molar refractivity (Wildman–Crippen MR) is 78.5 cm³/mol. The van der Waals surface area contributed by atoms with Crippen LogP contribution in [0.1, 0.15) is 17.5 Å². The van der Waals surface area contributed by atoms with Crippen molar-refractivity contribution in [3.8, 4) is 0 Å². The van der Waals surface area contributed by atoms with Crippen LogP contribution in [0.3, 0.4) is 0 Å². The van der Waals surface area contributed by atoms with Gasteiger partial charge < -0.3 is 0 Å². The Kier molecular flexibility index (Phi) is 3.04. The predicted octanol–water partition coefficient (Wildman–Crippen LogP) is 5.21. The Hall–Kier alpha value is -1.79. The largest absolute Gasteiger partial charge is 0.0843 e. The van der Waals surface area contributed by atoms with Crippen LogP contribution in [0, 0.1) is 0 Å². The van der Waals surface area contributed by atoms with Gasteiger partial charge in [-0.1, -0.05) is 66.2 Å². The molecule has 2 aromatic rings. The molecular weight excluding hydrogens is 240 g/mol. The number of halogens is 1. The van der Waals surface area contributed by atoms with Crippen molar-refractivity contribution in [2.24, 2.45) is 0 Å². The first kappa shape index (κ1) is 11.3. The summed E-state index contributed by atoms with van der Waals surface area (Å²) in [5, 5.41) is 0.786. The molecule has 0 heterocycles. The second-order valence-corrected chi connectivity index (χ2v) is 4.87. The molecule has 0 radical (unpaired) electrons. The Bertz CT molecular complexity index is 604. The van der Waals surface area contributed by atoms with Crippen molar-refractivity contribution in [1.29, 1.82) is 0 Å². The van der Waals surface area contributed by atoms with Crippen LogP contribution in [0.25, 0.3) is 11.1 Å². The molecule has 0 aliphatic heterocycles. The lowest BCUT2D eigenvalue weighted by molar-refractivity contribution is 1.42. The number of hydrogen-bond acceptors (Lipinski definition) is 0. The maximum atomic E-state index is 5.91. The van der Waals surface area contributed by atoms with Crippen LogP contribution in [0.4, 0.5) is 0 Å². The molecule has 1 heteroatoms. The molecule has 0 N–H and O–H groups in total. The fraction of sp³-hybridized carbons (Fsp3) is 0.0588. The first-order valence-electron chi connectivity index (χ1n) is 6.04. The average molecular weight is 253 g/mol. The molecule has 3 rings (SSSR count). The van der Waals surface area contributed by atoms with Gasteiger partial charge in [0.05, 0.1) is 0 Å². The molecule has 0 aromatic heterocycles. The molecule has 1 aliphatic carbocycles. The van der Waals surface area contributed by atoms with E-state index in [0.29, 0.717) is 0 Å². The highest BCUT2D eigenvalue weighted by molar-refractivity contribution is 6.30. The maximum Gasteiger partial charge on any atom is 0.0406 e. The molecule has 18 heavy (non-hydrogen) atoms. The zero-order valence-corrected chi connectivity index (χ0v) is 10.7. The number of allylic oxidation sites excluding steroid dienone is 4. The number of hydrogen-bond donors (Lipinski definition) is 0. The SMILES string of the molecule is Clc1ccc(C2=CC=C(c3ccccc3)C2)cc1. The van der Waals surface area contributed by atoms with Crippen LogP contribution in [-0.4, -0.2) is 0 Å². The highest BCUT2D eigenvalue weighted by Crippen LogP contribution is 2.33. The lowest BCUT2D eigenvalue weighted by Gasteiger charge is -2.06. The minimum atomic E-state index is 0.786. The summed E-state index contributed by atoms with van der Waals surface area (Å²) in [7, 11) is 0. The first-order chi connectivity index (χ1) is 8.83. The summed E-state index contributed by atoms with van der Waals surface area (Å²) in [6.45, 7) is 0. The Morgan fingerprint density at radius 1 is 0.667 bits per heavy atom. The van der Waals surface area contributed by atoms with E-state index >= 15 is 0 Å². The van der Waals surface area contributed by atoms with E-state index in [-0.39, 0.29) is 0 Å². The molecular formula is C17H13Cl. The molecule has 0 nitrogen and oxygen atoms in total. The standard InChI is InChI=1S/C17H13Cl/c18-17-10-8-14(9-11-17)16-7-6-15(12-16)13-4-2-1-3-5-13/h1-11H,12H2. The highest BCUT2D eigenvalue weighted by atomic mass is 35.5. The fourth-order valence-corrected chi connectivity index (χ4v) is 2.36. The van der Waals surface area contributed by atoms with Crippen molar-refractivity contribution in [3.05, 3.63) is 82.9 Å². The Morgan fingerprint density at radius 2 is 1.22 bits per heavy atom. The molecule has 0 spiro atoms. The zero-order valence-electron chi connectivity index (χ0n) is 9.94. The van der Waals surface area contributed by atoms with Gasteiger partial charge in [0, 0.05) is 5.02 Å². The van der Waals surface area contributed by atoms with Crippen LogP contribution in [0.2, 0.25) is 5.02 Å². The van der Waals surface area contributed by atoms with Crippen molar-refractivity contribution >= 4 is 22.7 Å². The molecule has 0 bridgehead atoms. The van der Waals surface area contributed by atoms with E-state index in [2.05, 4.69) is 48.6 Å². The number of rotatable bonds is 2. The van der Waals surface area contributed by atoms with E-state index in [1.807, 2.05) is 18.2 Å². The highest BCUT2D eigenvalue weighted by Gasteiger charge is 2.11. The van der Waals surface area contributed by atoms with Crippen LogP contribution in [0.15, 0.2) is 66.7 Å². The Morgan fingerprint density at radius 3 is 1.83 bits per heavy atom. The average Bonchev–Trinajstić information content (AvgIpc) is 2.90. The summed E-state index contributed by atoms with van der Waals surface area (Å²) in [6.07, 6.45) is 5.40. The second kappa shape index (κ2) is 4.83. The van der Waals surface area contributed by atoms with E-state index in [9.17, 15) is 0 Å². The molecule has 0 saturated carbocycles. The Labute approximate surface area is 112 Å². The van der Waals surface area contributed by atoms with Crippen molar-refractivity contribution in [2.75, 3.05) is 0 Å². The van der Waals surface area contributed by atoms with Gasteiger partial charge in [-0.05, 0) is 40.8 Å². The lowest BCUT2D eigenvalue weighted by Crippen LogP contribution is -1.84. The van der Waals surface area contributed by atoms with Crippen LogP contribution in [0.5, 0.6) is 0 Å².